The maximum atomic E-state index is 8.15. The molecule has 20 rings (SSSR count). The van der Waals surface area contributed by atoms with Crippen LogP contribution >= 0.6 is 105 Å². The second kappa shape index (κ2) is 25.5. The van der Waals surface area contributed by atoms with Crippen LogP contribution < -0.4 is 0 Å². The Labute approximate surface area is 612 Å². The molecule has 0 nitrogen and oxygen atoms in total. The number of thioether (sulfide) groups is 3. The fourth-order valence-corrected chi connectivity index (χ4v) is 33.7. The molecule has 0 N–H and O–H groups in total. The van der Waals surface area contributed by atoms with E-state index in [-0.39, 0.29) is 0 Å². The average molecular weight is 1440 g/mol. The Kier molecular flexibility index (Phi) is 17.1. The lowest BCUT2D eigenvalue weighted by molar-refractivity contribution is -0.0873. The SMILES string of the molecule is Clc1c(Cl)c(-c2c(Cl)c(Cl)c(-c3c(Cl)c(Cl)c(C=C(C4CC5CCC6CCCC7CCC(C4)C5C67)C4CCC5CCCC6CCCC4C65)c4c3CSC4)c3c2CSC3)c2c(c1C=C(c1cc3c4c(c1)CCC1CCCC(CC3)C41)C1CCC3CCCC4CCCC1C43)CSC2. The number of hydrogen-bond donors (Lipinski definition) is 0. The Morgan fingerprint density at radius 2 is 0.695 bits per heavy atom. The van der Waals surface area contributed by atoms with Crippen molar-refractivity contribution in [3.8, 4) is 22.3 Å². The molecular weight excluding hydrogens is 1340 g/mol. The first-order chi connectivity index (χ1) is 46.6. The molecule has 4 aromatic rings. The molecule has 0 aromatic heterocycles. The van der Waals surface area contributed by atoms with E-state index in [0.717, 1.165) is 162 Å². The third-order valence-corrected chi connectivity index (χ3v) is 37.2. The van der Waals surface area contributed by atoms with Gasteiger partial charge in [0.25, 0.3) is 0 Å². The Balaban J connectivity index is 0.701. The average Bonchev–Trinajstić information content (AvgIpc) is 1.59. The molecule has 0 radical (unpaired) electrons. The zero-order valence-corrected chi connectivity index (χ0v) is 63.2. The van der Waals surface area contributed by atoms with Crippen molar-refractivity contribution in [3.63, 3.8) is 0 Å². The van der Waals surface area contributed by atoms with E-state index in [0.29, 0.717) is 42.9 Å². The lowest BCUT2D eigenvalue weighted by Crippen LogP contribution is -2.51. The second-order valence-corrected chi connectivity index (χ2v) is 40.4. The van der Waals surface area contributed by atoms with Gasteiger partial charge in [0.2, 0.25) is 0 Å². The molecule has 11 saturated carbocycles. The minimum Gasteiger partial charge on any atom is -0.152 e. The van der Waals surface area contributed by atoms with Crippen LogP contribution in [0.1, 0.15) is 265 Å². The molecule has 3 heterocycles. The first-order valence-corrected chi connectivity index (χ1v) is 45.3. The van der Waals surface area contributed by atoms with Gasteiger partial charge in [-0.2, -0.15) is 35.3 Å². The van der Waals surface area contributed by atoms with E-state index in [1.165, 1.54) is 256 Å². The lowest BCUT2D eigenvalue weighted by Gasteiger charge is -2.59. The molecule has 504 valence electrons. The normalized spacial score (nSPS) is 38.7. The third kappa shape index (κ3) is 10.2. The standard InChI is InChI=1S/C86H100Cl6S3/c87-81-63(35-61(57-29-27-45-9-1-7-43-15-5-17-59(57)71(43)45)55-31-51-23-19-47-11-3-12-48-20-24-52(32-55)75(51)73(47)48)65-37-93-39-67(65)77(83(81)89)79-69-41-95-42-70(69)80(86(92)85(79)91)78-68-40-94-38-66(68)64(82(88)84(78)90)36-62(58-30-28-46-10-2-8-44-16-6-18-60(58)72(44)46)56-33-53-25-21-49-13-4-14-50-22-26-54(34-56)76(53)74(49)50/h31-32,35-36,43-50,53-54,56-60,71-74,76H,1-30,33-34,37-42H2. The van der Waals surface area contributed by atoms with Crippen molar-refractivity contribution in [3.05, 3.63) is 115 Å². The molecule has 9 heteroatoms. The van der Waals surface area contributed by atoms with Gasteiger partial charge in [0.15, 0.2) is 0 Å². The Morgan fingerprint density at radius 1 is 0.337 bits per heavy atom. The van der Waals surface area contributed by atoms with Crippen LogP contribution in [-0.2, 0) is 47.4 Å². The third-order valence-electron chi connectivity index (χ3n) is 31.7. The first-order valence-electron chi connectivity index (χ1n) is 39.5. The first kappa shape index (κ1) is 63.8. The molecular formula is C86H100Cl6S3. The molecule has 16 atom stereocenters. The van der Waals surface area contributed by atoms with E-state index in [4.69, 9.17) is 69.6 Å². The van der Waals surface area contributed by atoms with E-state index < -0.39 is 0 Å². The predicted molar refractivity (Wildman–Crippen MR) is 410 cm³/mol. The molecule has 0 amide bonds. The molecule has 16 aliphatic rings. The van der Waals surface area contributed by atoms with Gasteiger partial charge in [-0.15, -0.1) is 0 Å². The molecule has 4 aromatic carbocycles. The molecule has 95 heavy (non-hydrogen) atoms. The van der Waals surface area contributed by atoms with Crippen molar-refractivity contribution in [1.29, 1.82) is 0 Å². The Hall–Kier alpha value is -0.850. The fourth-order valence-electron chi connectivity index (χ4n) is 28.5. The highest BCUT2D eigenvalue weighted by Gasteiger charge is 2.56. The fraction of sp³-hybridized carbons (Fsp3) is 0.674. The van der Waals surface area contributed by atoms with Gasteiger partial charge in [-0.05, 0) is 312 Å². The minimum atomic E-state index is 0.527. The van der Waals surface area contributed by atoms with Crippen LogP contribution in [0, 0.1) is 112 Å². The summed E-state index contributed by atoms with van der Waals surface area (Å²) < 4.78 is 0. The lowest BCUT2D eigenvalue weighted by atomic mass is 9.46. The van der Waals surface area contributed by atoms with Gasteiger partial charge < -0.3 is 0 Å². The van der Waals surface area contributed by atoms with Gasteiger partial charge in [-0.1, -0.05) is 183 Å². The van der Waals surface area contributed by atoms with E-state index in [2.05, 4.69) is 24.3 Å². The monoisotopic (exact) mass is 1440 g/mol. The molecule has 0 saturated heterocycles. The Bertz CT molecular complexity index is 3780. The largest absolute Gasteiger partial charge is 0.152 e. The summed E-state index contributed by atoms with van der Waals surface area (Å²) in [7, 11) is 0. The van der Waals surface area contributed by atoms with Crippen LogP contribution in [0.2, 0.25) is 30.1 Å². The molecule has 0 bridgehead atoms. The van der Waals surface area contributed by atoms with E-state index >= 15 is 0 Å². The predicted octanol–water partition coefficient (Wildman–Crippen LogP) is 27.9. The smallest absolute Gasteiger partial charge is 0.0680 e. The summed E-state index contributed by atoms with van der Waals surface area (Å²) in [5.41, 5.74) is 24.4. The second-order valence-electron chi connectivity index (χ2n) is 35.1. The summed E-state index contributed by atoms with van der Waals surface area (Å²) in [5.74, 6) is 22.4. The van der Waals surface area contributed by atoms with Gasteiger partial charge in [0, 0.05) is 56.8 Å². The maximum absolute atomic E-state index is 8.15. The highest BCUT2D eigenvalue weighted by molar-refractivity contribution is 7.98. The van der Waals surface area contributed by atoms with E-state index in [1.54, 1.807) is 22.3 Å². The number of allylic oxidation sites excluding steroid dienone is 2. The van der Waals surface area contributed by atoms with Crippen molar-refractivity contribution >= 4 is 123 Å². The summed E-state index contributed by atoms with van der Waals surface area (Å²) in [6.45, 7) is 0. The summed E-state index contributed by atoms with van der Waals surface area (Å²) in [5, 5.41) is 3.91. The molecule has 0 spiro atoms. The summed E-state index contributed by atoms with van der Waals surface area (Å²) in [4.78, 5) is 0. The minimum absolute atomic E-state index is 0.527. The zero-order valence-electron chi connectivity index (χ0n) is 56.2. The van der Waals surface area contributed by atoms with Crippen LogP contribution in [0.4, 0.5) is 0 Å². The van der Waals surface area contributed by atoms with Crippen molar-refractivity contribution in [2.75, 3.05) is 0 Å². The van der Waals surface area contributed by atoms with Gasteiger partial charge >= 0.3 is 0 Å². The number of halogens is 6. The van der Waals surface area contributed by atoms with Crippen molar-refractivity contribution in [1.82, 2.24) is 0 Å². The number of aryl methyl sites for hydroxylation is 2. The van der Waals surface area contributed by atoms with Gasteiger partial charge in [0.05, 0.1) is 30.1 Å². The van der Waals surface area contributed by atoms with E-state index in [1.807, 2.05) is 40.9 Å². The number of benzene rings is 4. The van der Waals surface area contributed by atoms with Crippen molar-refractivity contribution < 1.29 is 0 Å². The molecule has 13 aliphatic carbocycles. The topological polar surface area (TPSA) is 0 Å². The highest BCUT2D eigenvalue weighted by Crippen LogP contribution is 2.67. The van der Waals surface area contributed by atoms with Crippen LogP contribution in [0.3, 0.4) is 0 Å². The summed E-state index contributed by atoms with van der Waals surface area (Å²) >= 11 is 54.7. The quantitative estimate of drug-likeness (QED) is 0.161. The number of fused-ring (bicyclic) bond motifs is 3. The van der Waals surface area contributed by atoms with Gasteiger partial charge in [-0.25, -0.2) is 0 Å². The van der Waals surface area contributed by atoms with E-state index in [9.17, 15) is 0 Å². The highest BCUT2D eigenvalue weighted by atomic mass is 35.5. The van der Waals surface area contributed by atoms with Gasteiger partial charge in [0.1, 0.15) is 0 Å². The maximum Gasteiger partial charge on any atom is 0.0680 e. The van der Waals surface area contributed by atoms with Crippen LogP contribution in [0.5, 0.6) is 0 Å². The van der Waals surface area contributed by atoms with Crippen LogP contribution in [0.25, 0.3) is 40.0 Å². The van der Waals surface area contributed by atoms with Gasteiger partial charge in [-0.3, -0.25) is 0 Å². The van der Waals surface area contributed by atoms with Crippen LogP contribution in [0.15, 0.2) is 17.7 Å². The molecule has 16 unspecified atom stereocenters. The molecule has 3 aliphatic heterocycles. The van der Waals surface area contributed by atoms with Crippen LogP contribution in [-0.4, -0.2) is 0 Å². The molecule has 11 fully saturated rings. The van der Waals surface area contributed by atoms with Crippen molar-refractivity contribution in [2.24, 2.45) is 112 Å². The number of rotatable bonds is 8. The Morgan fingerprint density at radius 3 is 1.19 bits per heavy atom. The zero-order chi connectivity index (χ0) is 63.2. The summed E-state index contributed by atoms with van der Waals surface area (Å²) in [6.07, 6.45) is 50.9. The summed E-state index contributed by atoms with van der Waals surface area (Å²) in [6, 6.07) is 5.48. The number of hydrogen-bond acceptors (Lipinski definition) is 3. The van der Waals surface area contributed by atoms with Crippen molar-refractivity contribution in [2.45, 2.75) is 246 Å².